The molecule has 1 N–H and O–H groups in total. The topological polar surface area (TPSA) is 84.2 Å². The SMILES string of the molecule is CCc1noc(C)c1C(=O)NC1CCCN(c2ncccn2)C1. The van der Waals surface area contributed by atoms with E-state index in [1.54, 1.807) is 25.4 Å². The van der Waals surface area contributed by atoms with Crippen molar-refractivity contribution in [1.29, 1.82) is 0 Å². The van der Waals surface area contributed by atoms with Crippen molar-refractivity contribution in [2.75, 3.05) is 18.0 Å². The first-order chi connectivity index (χ1) is 11.2. The van der Waals surface area contributed by atoms with Crippen LogP contribution < -0.4 is 10.2 Å². The molecule has 2 aromatic rings. The Balaban J connectivity index is 1.68. The van der Waals surface area contributed by atoms with Crippen molar-refractivity contribution in [2.24, 2.45) is 0 Å². The van der Waals surface area contributed by atoms with Gasteiger partial charge in [-0.1, -0.05) is 12.1 Å². The van der Waals surface area contributed by atoms with Gasteiger partial charge >= 0.3 is 0 Å². The highest BCUT2D eigenvalue weighted by atomic mass is 16.5. The minimum absolute atomic E-state index is 0.0686. The van der Waals surface area contributed by atoms with Gasteiger partial charge in [0.1, 0.15) is 11.3 Å². The molecule has 0 aromatic carbocycles. The molecule has 0 bridgehead atoms. The number of rotatable bonds is 4. The Hall–Kier alpha value is -2.44. The summed E-state index contributed by atoms with van der Waals surface area (Å²) in [6.07, 6.45) is 6.08. The summed E-state index contributed by atoms with van der Waals surface area (Å²) >= 11 is 0. The molecule has 1 fully saturated rings. The fourth-order valence-electron chi connectivity index (χ4n) is 2.94. The zero-order valence-corrected chi connectivity index (χ0v) is 13.5. The third-order valence-electron chi connectivity index (χ3n) is 4.09. The Morgan fingerprint density at radius 3 is 2.96 bits per heavy atom. The molecule has 0 spiro atoms. The van der Waals surface area contributed by atoms with Crippen molar-refractivity contribution in [1.82, 2.24) is 20.4 Å². The maximum atomic E-state index is 12.6. The summed E-state index contributed by atoms with van der Waals surface area (Å²) in [5.41, 5.74) is 1.28. The Morgan fingerprint density at radius 2 is 2.22 bits per heavy atom. The number of aryl methyl sites for hydroxylation is 2. The highest BCUT2D eigenvalue weighted by Gasteiger charge is 2.26. The van der Waals surface area contributed by atoms with Gasteiger partial charge in [-0.2, -0.15) is 0 Å². The van der Waals surface area contributed by atoms with Crippen LogP contribution in [0, 0.1) is 6.92 Å². The molecule has 1 aliphatic rings. The molecule has 0 saturated carbocycles. The molecule has 1 amide bonds. The van der Waals surface area contributed by atoms with E-state index in [1.165, 1.54) is 0 Å². The van der Waals surface area contributed by atoms with E-state index in [2.05, 4.69) is 25.3 Å². The molecule has 1 atom stereocenters. The van der Waals surface area contributed by atoms with Crippen LogP contribution in [0.5, 0.6) is 0 Å². The number of amides is 1. The molecule has 0 aliphatic carbocycles. The smallest absolute Gasteiger partial charge is 0.257 e. The molecule has 7 heteroatoms. The second kappa shape index (κ2) is 6.76. The standard InChI is InChI=1S/C16H21N5O2/c1-3-13-14(11(2)23-20-13)15(22)19-12-6-4-9-21(10-12)16-17-7-5-8-18-16/h5,7-8,12H,3-4,6,9-10H2,1-2H3,(H,19,22). The van der Waals surface area contributed by atoms with E-state index < -0.39 is 0 Å². The maximum absolute atomic E-state index is 12.6. The Kier molecular flexibility index (Phi) is 4.55. The van der Waals surface area contributed by atoms with Crippen LogP contribution in [-0.2, 0) is 6.42 Å². The summed E-state index contributed by atoms with van der Waals surface area (Å²) in [5, 5.41) is 7.05. The van der Waals surface area contributed by atoms with Gasteiger partial charge in [0.2, 0.25) is 5.95 Å². The molecule has 7 nitrogen and oxygen atoms in total. The molecule has 0 radical (unpaired) electrons. The van der Waals surface area contributed by atoms with Crippen molar-refractivity contribution in [2.45, 2.75) is 39.2 Å². The average molecular weight is 315 g/mol. The quantitative estimate of drug-likeness (QED) is 0.925. The third-order valence-corrected chi connectivity index (χ3v) is 4.09. The van der Waals surface area contributed by atoms with Gasteiger partial charge in [-0.3, -0.25) is 4.79 Å². The first kappa shape index (κ1) is 15.5. The number of hydrogen-bond acceptors (Lipinski definition) is 6. The monoisotopic (exact) mass is 315 g/mol. The van der Waals surface area contributed by atoms with Gasteiger partial charge in [-0.15, -0.1) is 0 Å². The van der Waals surface area contributed by atoms with E-state index >= 15 is 0 Å². The fraction of sp³-hybridized carbons (Fsp3) is 0.500. The zero-order valence-electron chi connectivity index (χ0n) is 13.5. The van der Waals surface area contributed by atoms with E-state index in [9.17, 15) is 4.79 Å². The molecule has 1 aliphatic heterocycles. The Labute approximate surface area is 135 Å². The molecule has 23 heavy (non-hydrogen) atoms. The number of carbonyl (C=O) groups is 1. The normalized spacial score (nSPS) is 18.0. The Morgan fingerprint density at radius 1 is 1.43 bits per heavy atom. The highest BCUT2D eigenvalue weighted by molar-refractivity contribution is 5.96. The lowest BCUT2D eigenvalue weighted by Crippen LogP contribution is -2.48. The molecular weight excluding hydrogens is 294 g/mol. The van der Waals surface area contributed by atoms with Gasteiger partial charge in [0.25, 0.3) is 5.91 Å². The number of carbonyl (C=O) groups excluding carboxylic acids is 1. The van der Waals surface area contributed by atoms with Crippen molar-refractivity contribution >= 4 is 11.9 Å². The first-order valence-electron chi connectivity index (χ1n) is 7.97. The maximum Gasteiger partial charge on any atom is 0.257 e. The number of nitrogens with one attached hydrogen (secondary N) is 1. The van der Waals surface area contributed by atoms with Crippen LogP contribution in [0.4, 0.5) is 5.95 Å². The minimum Gasteiger partial charge on any atom is -0.361 e. The molecule has 122 valence electrons. The van der Waals surface area contributed by atoms with Gasteiger partial charge in [0.15, 0.2) is 0 Å². The molecule has 3 rings (SSSR count). The van der Waals surface area contributed by atoms with Crippen molar-refractivity contribution in [3.63, 3.8) is 0 Å². The van der Waals surface area contributed by atoms with E-state index in [1.807, 2.05) is 6.92 Å². The number of anilines is 1. The number of piperidine rings is 1. The predicted octanol–water partition coefficient (Wildman–Crippen LogP) is 1.73. The zero-order chi connectivity index (χ0) is 16.2. The van der Waals surface area contributed by atoms with E-state index in [-0.39, 0.29) is 11.9 Å². The van der Waals surface area contributed by atoms with Crippen LogP contribution in [0.25, 0.3) is 0 Å². The van der Waals surface area contributed by atoms with Gasteiger partial charge in [0.05, 0.1) is 5.69 Å². The second-order valence-corrected chi connectivity index (χ2v) is 5.72. The fourth-order valence-corrected chi connectivity index (χ4v) is 2.94. The molecular formula is C16H21N5O2. The second-order valence-electron chi connectivity index (χ2n) is 5.72. The summed E-state index contributed by atoms with van der Waals surface area (Å²) in [6, 6.07) is 1.87. The van der Waals surface area contributed by atoms with Crippen LogP contribution in [-0.4, -0.2) is 40.2 Å². The molecule has 1 saturated heterocycles. The average Bonchev–Trinajstić information content (AvgIpc) is 2.97. The lowest BCUT2D eigenvalue weighted by Gasteiger charge is -2.33. The van der Waals surface area contributed by atoms with Gasteiger partial charge < -0.3 is 14.7 Å². The lowest BCUT2D eigenvalue weighted by molar-refractivity contribution is 0.0930. The largest absolute Gasteiger partial charge is 0.361 e. The van der Waals surface area contributed by atoms with Crippen LogP contribution >= 0.6 is 0 Å². The van der Waals surface area contributed by atoms with Crippen molar-refractivity contribution < 1.29 is 9.32 Å². The number of nitrogens with zero attached hydrogens (tertiary/aromatic N) is 4. The van der Waals surface area contributed by atoms with Crippen molar-refractivity contribution in [3.05, 3.63) is 35.5 Å². The van der Waals surface area contributed by atoms with Gasteiger partial charge in [0, 0.05) is 31.5 Å². The van der Waals surface area contributed by atoms with Gasteiger partial charge in [-0.25, -0.2) is 9.97 Å². The molecule has 1 unspecified atom stereocenters. The minimum atomic E-state index is -0.110. The van der Waals surface area contributed by atoms with Gasteiger partial charge in [-0.05, 0) is 32.3 Å². The van der Waals surface area contributed by atoms with Crippen molar-refractivity contribution in [3.8, 4) is 0 Å². The summed E-state index contributed by atoms with van der Waals surface area (Å²) in [5.74, 6) is 1.17. The van der Waals surface area contributed by atoms with E-state index in [0.29, 0.717) is 35.9 Å². The highest BCUT2D eigenvalue weighted by Crippen LogP contribution is 2.18. The van der Waals surface area contributed by atoms with E-state index in [0.717, 1.165) is 19.4 Å². The summed E-state index contributed by atoms with van der Waals surface area (Å²) in [7, 11) is 0. The summed E-state index contributed by atoms with van der Waals surface area (Å²) in [6.45, 7) is 5.35. The van der Waals surface area contributed by atoms with Crippen LogP contribution in [0.3, 0.4) is 0 Å². The first-order valence-corrected chi connectivity index (χ1v) is 7.97. The number of aromatic nitrogens is 3. The third kappa shape index (κ3) is 3.33. The molecule has 3 heterocycles. The lowest BCUT2D eigenvalue weighted by atomic mass is 10.0. The Bertz CT molecular complexity index is 670. The molecule has 2 aromatic heterocycles. The predicted molar refractivity (Wildman–Crippen MR) is 85.4 cm³/mol. The number of hydrogen-bond donors (Lipinski definition) is 1. The van der Waals surface area contributed by atoms with Crippen LogP contribution in [0.15, 0.2) is 23.0 Å². The summed E-state index contributed by atoms with van der Waals surface area (Å²) < 4.78 is 5.15. The summed E-state index contributed by atoms with van der Waals surface area (Å²) in [4.78, 5) is 23.2. The van der Waals surface area contributed by atoms with E-state index in [4.69, 9.17) is 4.52 Å². The van der Waals surface area contributed by atoms with Crippen LogP contribution in [0.1, 0.15) is 41.6 Å². The van der Waals surface area contributed by atoms with Crippen LogP contribution in [0.2, 0.25) is 0 Å².